The molecule has 4 heterocycles. The van der Waals surface area contributed by atoms with Crippen LogP contribution < -0.4 is 10.5 Å². The molecule has 0 bridgehead atoms. The van der Waals surface area contributed by atoms with Gasteiger partial charge in [0.1, 0.15) is 22.3 Å². The molecule has 0 fully saturated rings. The zero-order chi connectivity index (χ0) is 17.2. The number of hydrogen-bond donors (Lipinski definition) is 1. The van der Waals surface area contributed by atoms with Crippen LogP contribution in [-0.2, 0) is 5.54 Å². The van der Waals surface area contributed by atoms with E-state index in [1.807, 2.05) is 24.3 Å². The first-order valence-electron chi connectivity index (χ1n) is 7.54. The van der Waals surface area contributed by atoms with Gasteiger partial charge in [-0.25, -0.2) is 9.98 Å². The lowest BCUT2D eigenvalue weighted by atomic mass is 9.76. The second kappa shape index (κ2) is 5.03. The number of aliphatic imine (C=N–C) groups is 1. The third kappa shape index (κ3) is 1.92. The van der Waals surface area contributed by atoms with Gasteiger partial charge in [0.25, 0.3) is 0 Å². The van der Waals surface area contributed by atoms with Gasteiger partial charge in [-0.15, -0.1) is 0 Å². The third-order valence-electron chi connectivity index (χ3n) is 4.55. The second-order valence-corrected chi connectivity index (χ2v) is 7.18. The molecule has 25 heavy (non-hydrogen) atoms. The van der Waals surface area contributed by atoms with Crippen molar-refractivity contribution in [1.29, 1.82) is 0 Å². The van der Waals surface area contributed by atoms with Crippen LogP contribution in [0.1, 0.15) is 22.3 Å². The maximum Gasteiger partial charge on any atom is 0.152 e. The van der Waals surface area contributed by atoms with Gasteiger partial charge < -0.3 is 10.5 Å². The Morgan fingerprint density at radius 1 is 1.04 bits per heavy atom. The van der Waals surface area contributed by atoms with Crippen LogP contribution in [0.25, 0.3) is 0 Å². The van der Waals surface area contributed by atoms with Gasteiger partial charge in [0, 0.05) is 39.1 Å². The lowest BCUT2D eigenvalue weighted by Crippen LogP contribution is -2.29. The number of halogens is 2. The van der Waals surface area contributed by atoms with E-state index in [-0.39, 0.29) is 0 Å². The average molecular weight is 414 g/mol. The number of hydrogen-bond acceptors (Lipinski definition) is 5. The van der Waals surface area contributed by atoms with E-state index in [0.29, 0.717) is 22.5 Å². The minimum absolute atomic E-state index is 0.372. The maximum atomic E-state index is 6.25. The first-order chi connectivity index (χ1) is 12.1. The molecule has 1 spiro atoms. The highest BCUT2D eigenvalue weighted by Gasteiger charge is 2.49. The summed E-state index contributed by atoms with van der Waals surface area (Å²) in [6.45, 7) is 0. The van der Waals surface area contributed by atoms with Crippen molar-refractivity contribution in [3.8, 4) is 11.5 Å². The van der Waals surface area contributed by atoms with Crippen LogP contribution in [-0.4, -0.2) is 15.8 Å². The van der Waals surface area contributed by atoms with Gasteiger partial charge in [-0.2, -0.15) is 0 Å². The molecule has 0 radical (unpaired) electrons. The molecule has 0 amide bonds. The summed E-state index contributed by atoms with van der Waals surface area (Å²) in [5.41, 5.74) is 8.89. The molecule has 7 heteroatoms. The molecule has 2 aromatic heterocycles. The van der Waals surface area contributed by atoms with Gasteiger partial charge in [0.15, 0.2) is 5.75 Å². The number of fused-ring (bicyclic) bond motifs is 6. The van der Waals surface area contributed by atoms with Gasteiger partial charge in [0.2, 0.25) is 0 Å². The molecule has 1 atom stereocenters. The lowest BCUT2D eigenvalue weighted by molar-refractivity contribution is 0.421. The Morgan fingerprint density at radius 3 is 2.76 bits per heavy atom. The molecule has 0 saturated heterocycles. The van der Waals surface area contributed by atoms with Crippen molar-refractivity contribution in [2.24, 2.45) is 10.7 Å². The highest BCUT2D eigenvalue weighted by atomic mass is 79.9. The van der Waals surface area contributed by atoms with E-state index in [9.17, 15) is 0 Å². The van der Waals surface area contributed by atoms with E-state index in [1.54, 1.807) is 24.7 Å². The Labute approximate surface area is 156 Å². The quantitative estimate of drug-likeness (QED) is 0.565. The predicted molar refractivity (Wildman–Crippen MR) is 98.3 cm³/mol. The standard InChI is InChI=1S/C18H10BrClN4O/c19-9-1-2-14-12(5-9)18(13-6-16(20)23-8-15(13)25-14)11-3-4-22-7-10(11)17(21)24-18/h1-8H,(H2,21,24). The topological polar surface area (TPSA) is 73.4 Å². The number of ether oxygens (including phenoxy) is 1. The fourth-order valence-corrected chi connectivity index (χ4v) is 4.06. The molecule has 122 valence electrons. The molecule has 1 aromatic carbocycles. The van der Waals surface area contributed by atoms with E-state index >= 15 is 0 Å². The predicted octanol–water partition coefficient (Wildman–Crippen LogP) is 4.01. The van der Waals surface area contributed by atoms with Crippen LogP contribution in [0, 0.1) is 0 Å². The van der Waals surface area contributed by atoms with Gasteiger partial charge in [0.05, 0.1) is 6.20 Å². The Bertz CT molecular complexity index is 1030. The molecule has 1 unspecified atom stereocenters. The van der Waals surface area contributed by atoms with Gasteiger partial charge >= 0.3 is 0 Å². The number of nitrogens with zero attached hydrogens (tertiary/aromatic N) is 3. The monoisotopic (exact) mass is 412 g/mol. The first-order valence-corrected chi connectivity index (χ1v) is 8.71. The van der Waals surface area contributed by atoms with Crippen molar-refractivity contribution >= 4 is 33.4 Å². The number of pyridine rings is 2. The summed E-state index contributed by atoms with van der Waals surface area (Å²) in [4.78, 5) is 13.2. The Hall–Kier alpha value is -2.44. The Morgan fingerprint density at radius 2 is 1.88 bits per heavy atom. The fraction of sp³-hybridized carbons (Fsp3) is 0.0556. The first kappa shape index (κ1) is 14.9. The normalized spacial score (nSPS) is 19.7. The number of amidine groups is 1. The highest BCUT2D eigenvalue weighted by Crippen LogP contribution is 2.55. The molecule has 5 rings (SSSR count). The van der Waals surface area contributed by atoms with Crippen LogP contribution in [0.15, 0.2) is 58.4 Å². The van der Waals surface area contributed by atoms with Crippen molar-refractivity contribution in [2.75, 3.05) is 0 Å². The molecule has 3 aromatic rings. The van der Waals surface area contributed by atoms with E-state index in [4.69, 9.17) is 27.1 Å². The minimum atomic E-state index is -0.832. The number of rotatable bonds is 0. The SMILES string of the molecule is NC1=NC2(c3cc(Br)ccc3Oc3cnc(Cl)cc32)c2ccncc21. The van der Waals surface area contributed by atoms with Gasteiger partial charge in [-0.1, -0.05) is 27.5 Å². The largest absolute Gasteiger partial charge is 0.455 e. The summed E-state index contributed by atoms with van der Waals surface area (Å²) in [6.07, 6.45) is 5.10. The number of aromatic nitrogens is 2. The Balaban J connectivity index is 1.95. The van der Waals surface area contributed by atoms with Crippen LogP contribution in [0.4, 0.5) is 0 Å². The summed E-state index contributed by atoms with van der Waals surface area (Å²) in [5, 5.41) is 0.372. The van der Waals surface area contributed by atoms with Gasteiger partial charge in [-0.3, -0.25) is 4.98 Å². The summed E-state index contributed by atoms with van der Waals surface area (Å²) in [5.74, 6) is 1.76. The van der Waals surface area contributed by atoms with E-state index in [2.05, 4.69) is 25.9 Å². The van der Waals surface area contributed by atoms with Crippen molar-refractivity contribution in [2.45, 2.75) is 5.54 Å². The van der Waals surface area contributed by atoms with Gasteiger partial charge in [-0.05, 0) is 30.3 Å². The maximum absolute atomic E-state index is 6.25. The highest BCUT2D eigenvalue weighted by molar-refractivity contribution is 9.10. The van der Waals surface area contributed by atoms with Crippen molar-refractivity contribution in [3.63, 3.8) is 0 Å². The molecule has 0 aliphatic carbocycles. The molecular formula is C18H10BrClN4O. The van der Waals surface area contributed by atoms with Crippen LogP contribution in [0.5, 0.6) is 11.5 Å². The van der Waals surface area contributed by atoms with E-state index in [0.717, 1.165) is 26.7 Å². The summed E-state index contributed by atoms with van der Waals surface area (Å²) in [6, 6.07) is 9.55. The van der Waals surface area contributed by atoms with E-state index < -0.39 is 5.54 Å². The van der Waals surface area contributed by atoms with Crippen LogP contribution in [0.2, 0.25) is 5.15 Å². The van der Waals surface area contributed by atoms with Crippen molar-refractivity contribution in [3.05, 3.63) is 80.8 Å². The summed E-state index contributed by atoms with van der Waals surface area (Å²) in [7, 11) is 0. The molecule has 0 saturated carbocycles. The summed E-state index contributed by atoms with van der Waals surface area (Å²) >= 11 is 9.74. The van der Waals surface area contributed by atoms with Crippen LogP contribution in [0.3, 0.4) is 0 Å². The smallest absolute Gasteiger partial charge is 0.152 e. The van der Waals surface area contributed by atoms with Crippen molar-refractivity contribution in [1.82, 2.24) is 9.97 Å². The molecule has 2 aliphatic heterocycles. The molecule has 5 nitrogen and oxygen atoms in total. The van der Waals surface area contributed by atoms with E-state index in [1.165, 1.54) is 0 Å². The minimum Gasteiger partial charge on any atom is -0.455 e. The molecular weight excluding hydrogens is 404 g/mol. The summed E-state index contributed by atoms with van der Waals surface area (Å²) < 4.78 is 6.98. The fourth-order valence-electron chi connectivity index (χ4n) is 3.54. The second-order valence-electron chi connectivity index (χ2n) is 5.87. The van der Waals surface area contributed by atoms with Crippen LogP contribution >= 0.6 is 27.5 Å². The zero-order valence-electron chi connectivity index (χ0n) is 12.7. The molecule has 2 N–H and O–H groups in total. The zero-order valence-corrected chi connectivity index (χ0v) is 15.0. The Kier molecular flexibility index (Phi) is 2.99. The number of nitrogens with two attached hydrogens (primary N) is 1. The number of benzene rings is 1. The lowest BCUT2D eigenvalue weighted by Gasteiger charge is -2.35. The van der Waals surface area contributed by atoms with Crippen molar-refractivity contribution < 1.29 is 4.74 Å². The molecule has 2 aliphatic rings. The third-order valence-corrected chi connectivity index (χ3v) is 5.25. The average Bonchev–Trinajstić information content (AvgIpc) is 2.91.